The zero-order valence-corrected chi connectivity index (χ0v) is 13.5. The Hall–Kier alpha value is -0.520. The fraction of sp³-hybridized carbons (Fsp3) is 0.789. The number of allylic oxidation sites excluding steroid dienone is 4. The Morgan fingerprint density at radius 1 is 0.842 bits per heavy atom. The molecule has 0 heteroatoms. The van der Waals surface area contributed by atoms with Crippen molar-refractivity contribution in [2.24, 2.45) is 5.92 Å². The first kappa shape index (κ1) is 16.5. The molecule has 0 aromatic rings. The highest BCUT2D eigenvalue weighted by atomic mass is 14.2. The molecule has 0 amide bonds. The molecular formula is C19H34. The van der Waals surface area contributed by atoms with E-state index in [2.05, 4.69) is 32.9 Å². The monoisotopic (exact) mass is 262 g/mol. The van der Waals surface area contributed by atoms with Crippen LogP contribution in [0.25, 0.3) is 0 Å². The molecule has 1 unspecified atom stereocenters. The lowest BCUT2D eigenvalue weighted by molar-refractivity contribution is 0.501. The molecule has 110 valence electrons. The maximum Gasteiger partial charge on any atom is -0.0163 e. The van der Waals surface area contributed by atoms with Crippen molar-refractivity contribution in [3.8, 4) is 0 Å². The van der Waals surface area contributed by atoms with Gasteiger partial charge in [0.2, 0.25) is 0 Å². The van der Waals surface area contributed by atoms with Gasteiger partial charge in [-0.1, -0.05) is 76.2 Å². The molecule has 0 fully saturated rings. The minimum Gasteiger partial charge on any atom is -0.0696 e. The Morgan fingerprint density at radius 2 is 1.53 bits per heavy atom. The maximum atomic E-state index is 2.47. The molecule has 1 rings (SSSR count). The van der Waals surface area contributed by atoms with Crippen molar-refractivity contribution in [3.05, 3.63) is 23.3 Å². The first-order valence-corrected chi connectivity index (χ1v) is 8.70. The van der Waals surface area contributed by atoms with E-state index >= 15 is 0 Å². The molecule has 0 saturated heterocycles. The van der Waals surface area contributed by atoms with E-state index in [1.54, 1.807) is 11.1 Å². The van der Waals surface area contributed by atoms with Crippen LogP contribution >= 0.6 is 0 Å². The molecule has 0 heterocycles. The molecule has 0 spiro atoms. The van der Waals surface area contributed by atoms with Gasteiger partial charge in [0.15, 0.2) is 0 Å². The number of unbranched alkanes of at least 4 members (excludes halogenated alkanes) is 4. The lowest BCUT2D eigenvalue weighted by Gasteiger charge is -2.25. The van der Waals surface area contributed by atoms with Crippen LogP contribution in [0.4, 0.5) is 0 Å². The molecule has 0 radical (unpaired) electrons. The van der Waals surface area contributed by atoms with Gasteiger partial charge in [0.1, 0.15) is 0 Å². The number of hydrogen-bond acceptors (Lipinski definition) is 0. The van der Waals surface area contributed by atoms with Crippen molar-refractivity contribution >= 4 is 0 Å². The predicted octanol–water partition coefficient (Wildman–Crippen LogP) is 6.82. The van der Waals surface area contributed by atoms with Crippen molar-refractivity contribution in [1.29, 1.82) is 0 Å². The van der Waals surface area contributed by atoms with Crippen LogP contribution in [-0.4, -0.2) is 0 Å². The third kappa shape index (κ3) is 6.45. The Morgan fingerprint density at radius 3 is 2.16 bits per heavy atom. The summed E-state index contributed by atoms with van der Waals surface area (Å²) in [5, 5.41) is 0. The number of rotatable bonds is 10. The molecule has 0 aromatic carbocycles. The molecule has 0 aliphatic heterocycles. The molecule has 0 aromatic heterocycles. The fourth-order valence-corrected chi connectivity index (χ4v) is 3.17. The van der Waals surface area contributed by atoms with Gasteiger partial charge in [-0.15, -0.1) is 0 Å². The van der Waals surface area contributed by atoms with E-state index in [1.807, 2.05) is 0 Å². The largest absolute Gasteiger partial charge is 0.0696 e. The summed E-state index contributed by atoms with van der Waals surface area (Å²) >= 11 is 0. The van der Waals surface area contributed by atoms with Crippen molar-refractivity contribution in [2.45, 2.75) is 91.4 Å². The van der Waals surface area contributed by atoms with E-state index in [4.69, 9.17) is 0 Å². The van der Waals surface area contributed by atoms with Crippen LogP contribution in [0.15, 0.2) is 23.3 Å². The average molecular weight is 262 g/mol. The lowest BCUT2D eigenvalue weighted by atomic mass is 9.80. The van der Waals surface area contributed by atoms with Crippen LogP contribution in [0.2, 0.25) is 0 Å². The molecule has 0 N–H and O–H groups in total. The maximum absolute atomic E-state index is 2.47. The number of hydrogen-bond donors (Lipinski definition) is 0. The highest BCUT2D eigenvalue weighted by molar-refractivity contribution is 5.26. The van der Waals surface area contributed by atoms with E-state index in [0.717, 1.165) is 5.92 Å². The minimum absolute atomic E-state index is 0.864. The highest BCUT2D eigenvalue weighted by Gasteiger charge is 2.17. The quantitative estimate of drug-likeness (QED) is 0.379. The Labute approximate surface area is 121 Å². The minimum atomic E-state index is 0.864. The summed E-state index contributed by atoms with van der Waals surface area (Å²) in [5.41, 5.74) is 3.46. The zero-order chi connectivity index (χ0) is 13.9. The van der Waals surface area contributed by atoms with Crippen LogP contribution in [0.5, 0.6) is 0 Å². The van der Waals surface area contributed by atoms with Gasteiger partial charge < -0.3 is 0 Å². The van der Waals surface area contributed by atoms with Gasteiger partial charge in [-0.25, -0.2) is 0 Å². The normalized spacial score (nSPS) is 19.2. The first-order chi connectivity index (χ1) is 9.31. The predicted molar refractivity (Wildman–Crippen MR) is 87.5 cm³/mol. The first-order valence-electron chi connectivity index (χ1n) is 8.70. The summed E-state index contributed by atoms with van der Waals surface area (Å²) < 4.78 is 0. The summed E-state index contributed by atoms with van der Waals surface area (Å²) in [6.07, 6.45) is 19.9. The summed E-state index contributed by atoms with van der Waals surface area (Å²) in [5.74, 6) is 0.864. The molecule has 1 aliphatic carbocycles. The molecule has 19 heavy (non-hydrogen) atoms. The second kappa shape index (κ2) is 10.3. The second-order valence-electron chi connectivity index (χ2n) is 6.17. The van der Waals surface area contributed by atoms with Gasteiger partial charge in [-0.05, 0) is 44.4 Å². The second-order valence-corrected chi connectivity index (χ2v) is 6.17. The van der Waals surface area contributed by atoms with E-state index in [0.29, 0.717) is 0 Å². The molecule has 1 aliphatic rings. The van der Waals surface area contributed by atoms with Crippen LogP contribution in [0.3, 0.4) is 0 Å². The van der Waals surface area contributed by atoms with Gasteiger partial charge in [0, 0.05) is 0 Å². The van der Waals surface area contributed by atoms with Gasteiger partial charge in [0.05, 0.1) is 0 Å². The average Bonchev–Trinajstić information content (AvgIpc) is 2.42. The fourth-order valence-electron chi connectivity index (χ4n) is 3.17. The van der Waals surface area contributed by atoms with E-state index in [9.17, 15) is 0 Å². The van der Waals surface area contributed by atoms with Gasteiger partial charge >= 0.3 is 0 Å². The summed E-state index contributed by atoms with van der Waals surface area (Å²) in [4.78, 5) is 0. The Balaban J connectivity index is 2.49. The van der Waals surface area contributed by atoms with Crippen LogP contribution in [0.1, 0.15) is 91.4 Å². The van der Waals surface area contributed by atoms with Crippen molar-refractivity contribution < 1.29 is 0 Å². The van der Waals surface area contributed by atoms with E-state index < -0.39 is 0 Å². The molecule has 0 bridgehead atoms. The SMILES string of the molecule is CCCCCC1=CC=C(CCCCC)C(CCC)C1. The zero-order valence-electron chi connectivity index (χ0n) is 13.5. The third-order valence-corrected chi connectivity index (χ3v) is 4.37. The molecule has 0 nitrogen and oxygen atoms in total. The molecule has 0 saturated carbocycles. The summed E-state index contributed by atoms with van der Waals surface area (Å²) in [6.45, 7) is 6.92. The van der Waals surface area contributed by atoms with E-state index in [1.165, 1.54) is 70.6 Å². The third-order valence-electron chi connectivity index (χ3n) is 4.37. The molecule has 1 atom stereocenters. The van der Waals surface area contributed by atoms with Crippen molar-refractivity contribution in [2.75, 3.05) is 0 Å². The molecular weight excluding hydrogens is 228 g/mol. The standard InChI is InChI=1S/C19H34/c1-4-7-9-12-17-14-15-18(13-10-8-5-2)19(16-17)11-6-3/h14-15,19H,4-13,16H2,1-3H3. The van der Waals surface area contributed by atoms with Crippen molar-refractivity contribution in [3.63, 3.8) is 0 Å². The van der Waals surface area contributed by atoms with Crippen LogP contribution < -0.4 is 0 Å². The highest BCUT2D eigenvalue weighted by Crippen LogP contribution is 2.34. The van der Waals surface area contributed by atoms with Crippen LogP contribution in [0, 0.1) is 5.92 Å². The van der Waals surface area contributed by atoms with Crippen molar-refractivity contribution in [1.82, 2.24) is 0 Å². The Kier molecular flexibility index (Phi) is 8.95. The lowest BCUT2D eigenvalue weighted by Crippen LogP contribution is -2.09. The topological polar surface area (TPSA) is 0 Å². The van der Waals surface area contributed by atoms with E-state index in [-0.39, 0.29) is 0 Å². The van der Waals surface area contributed by atoms with Gasteiger partial charge in [0.25, 0.3) is 0 Å². The summed E-state index contributed by atoms with van der Waals surface area (Å²) in [6, 6.07) is 0. The van der Waals surface area contributed by atoms with Gasteiger partial charge in [-0.3, -0.25) is 0 Å². The summed E-state index contributed by atoms with van der Waals surface area (Å²) in [7, 11) is 0. The van der Waals surface area contributed by atoms with Gasteiger partial charge in [-0.2, -0.15) is 0 Å². The van der Waals surface area contributed by atoms with Crippen LogP contribution in [-0.2, 0) is 0 Å². The Bertz CT molecular complexity index is 282. The smallest absolute Gasteiger partial charge is 0.0163 e.